The quantitative estimate of drug-likeness (QED) is 0.746. The fourth-order valence-corrected chi connectivity index (χ4v) is 7.16. The number of nitrogens with one attached hydrogen (secondary N) is 1. The molecule has 3 heteroatoms. The standard InChI is InChI=1S/C14H18ClNO/c1-4(15)14(17)16-13-11-7-2-5-6-3-8(9(5)11)12(13)10(6)7/h4-13H,2-3H2,1H3,(H,16,17). The zero-order chi connectivity index (χ0) is 11.5. The molecule has 92 valence electrons. The molecule has 6 aliphatic carbocycles. The van der Waals surface area contributed by atoms with Crippen molar-refractivity contribution in [2.45, 2.75) is 31.2 Å². The van der Waals surface area contributed by atoms with Crippen molar-refractivity contribution < 1.29 is 4.79 Å². The molecule has 1 N–H and O–H groups in total. The van der Waals surface area contributed by atoms with Gasteiger partial charge in [-0.05, 0) is 67.1 Å². The van der Waals surface area contributed by atoms with Crippen molar-refractivity contribution in [3.8, 4) is 0 Å². The van der Waals surface area contributed by atoms with Crippen LogP contribution in [-0.4, -0.2) is 17.3 Å². The first-order chi connectivity index (χ1) is 8.18. The maximum absolute atomic E-state index is 11.8. The summed E-state index contributed by atoms with van der Waals surface area (Å²) in [5, 5.41) is 2.91. The Hall–Kier alpha value is -0.240. The number of carbonyl (C=O) groups excluding carboxylic acids is 1. The molecule has 6 fully saturated rings. The lowest BCUT2D eigenvalue weighted by Gasteiger charge is -2.33. The van der Waals surface area contributed by atoms with Gasteiger partial charge in [0.2, 0.25) is 5.91 Å². The summed E-state index contributed by atoms with van der Waals surface area (Å²) in [6.45, 7) is 1.78. The van der Waals surface area contributed by atoms with E-state index in [4.69, 9.17) is 11.6 Å². The summed E-state index contributed by atoms with van der Waals surface area (Å²) in [5.41, 5.74) is 0. The third kappa shape index (κ3) is 0.836. The van der Waals surface area contributed by atoms with Gasteiger partial charge in [0.25, 0.3) is 0 Å². The number of rotatable bonds is 2. The number of alkyl halides is 1. The largest absolute Gasteiger partial charge is 0.351 e. The summed E-state index contributed by atoms with van der Waals surface area (Å²) in [7, 11) is 0. The molecule has 6 bridgehead atoms. The van der Waals surface area contributed by atoms with E-state index in [0.717, 1.165) is 47.3 Å². The molecule has 0 aromatic rings. The van der Waals surface area contributed by atoms with Crippen LogP contribution in [0, 0.1) is 47.3 Å². The molecular weight excluding hydrogens is 234 g/mol. The molecule has 2 nitrogen and oxygen atoms in total. The number of hydrogen-bond acceptors (Lipinski definition) is 1. The van der Waals surface area contributed by atoms with E-state index < -0.39 is 0 Å². The van der Waals surface area contributed by atoms with E-state index >= 15 is 0 Å². The second-order valence-electron chi connectivity index (χ2n) is 7.09. The lowest BCUT2D eigenvalue weighted by molar-refractivity contribution is -0.121. The molecular formula is C14H18ClNO. The van der Waals surface area contributed by atoms with Crippen LogP contribution in [0.15, 0.2) is 0 Å². The smallest absolute Gasteiger partial charge is 0.238 e. The molecule has 0 aromatic carbocycles. The highest BCUT2D eigenvalue weighted by Gasteiger charge is 2.80. The zero-order valence-electron chi connectivity index (χ0n) is 9.97. The van der Waals surface area contributed by atoms with Gasteiger partial charge in [0.05, 0.1) is 0 Å². The average Bonchev–Trinajstić information content (AvgIpc) is 2.94. The number of amides is 1. The van der Waals surface area contributed by atoms with Crippen molar-refractivity contribution in [3.63, 3.8) is 0 Å². The minimum Gasteiger partial charge on any atom is -0.351 e. The van der Waals surface area contributed by atoms with Crippen LogP contribution in [-0.2, 0) is 4.79 Å². The molecule has 0 heterocycles. The van der Waals surface area contributed by atoms with Crippen LogP contribution in [0.1, 0.15) is 19.8 Å². The molecule has 9 unspecified atom stereocenters. The van der Waals surface area contributed by atoms with Crippen LogP contribution < -0.4 is 5.32 Å². The Morgan fingerprint density at radius 3 is 2.06 bits per heavy atom. The van der Waals surface area contributed by atoms with E-state index in [-0.39, 0.29) is 11.3 Å². The van der Waals surface area contributed by atoms with Crippen LogP contribution >= 0.6 is 11.6 Å². The highest BCUT2D eigenvalue weighted by atomic mass is 35.5. The van der Waals surface area contributed by atoms with Gasteiger partial charge in [-0.1, -0.05) is 0 Å². The Bertz CT molecular complexity index is 394. The first-order valence-electron chi connectivity index (χ1n) is 7.13. The summed E-state index contributed by atoms with van der Waals surface area (Å²) in [4.78, 5) is 11.8. The van der Waals surface area contributed by atoms with E-state index in [1.807, 2.05) is 0 Å². The van der Waals surface area contributed by atoms with Gasteiger partial charge in [-0.15, -0.1) is 11.6 Å². The predicted molar refractivity (Wildman–Crippen MR) is 64.4 cm³/mol. The zero-order valence-corrected chi connectivity index (χ0v) is 10.7. The highest BCUT2D eigenvalue weighted by molar-refractivity contribution is 6.30. The van der Waals surface area contributed by atoms with Gasteiger partial charge < -0.3 is 5.32 Å². The first kappa shape index (κ1) is 9.66. The van der Waals surface area contributed by atoms with Crippen LogP contribution in [0.5, 0.6) is 0 Å². The minimum atomic E-state index is -0.377. The molecule has 0 saturated heterocycles. The van der Waals surface area contributed by atoms with Crippen molar-refractivity contribution in [2.24, 2.45) is 47.3 Å². The third-order valence-electron chi connectivity index (χ3n) is 6.99. The Labute approximate surface area is 106 Å². The van der Waals surface area contributed by atoms with Crippen molar-refractivity contribution in [2.75, 3.05) is 0 Å². The molecule has 9 atom stereocenters. The fourth-order valence-electron chi connectivity index (χ4n) is 7.09. The van der Waals surface area contributed by atoms with Crippen molar-refractivity contribution in [1.29, 1.82) is 0 Å². The number of carbonyl (C=O) groups is 1. The number of hydrogen-bond donors (Lipinski definition) is 1. The Morgan fingerprint density at radius 1 is 1.06 bits per heavy atom. The summed E-state index contributed by atoms with van der Waals surface area (Å²) in [5.74, 6) is 7.72. The van der Waals surface area contributed by atoms with E-state index in [1.54, 1.807) is 6.92 Å². The first-order valence-corrected chi connectivity index (χ1v) is 7.56. The second-order valence-corrected chi connectivity index (χ2v) is 7.74. The van der Waals surface area contributed by atoms with Gasteiger partial charge >= 0.3 is 0 Å². The molecule has 17 heavy (non-hydrogen) atoms. The number of halogens is 1. The lowest BCUT2D eigenvalue weighted by atomic mass is 9.71. The molecule has 0 spiro atoms. The van der Waals surface area contributed by atoms with Gasteiger partial charge in [-0.2, -0.15) is 0 Å². The van der Waals surface area contributed by atoms with Crippen molar-refractivity contribution >= 4 is 17.5 Å². The maximum atomic E-state index is 11.8. The molecule has 0 aromatic heterocycles. The molecule has 0 aliphatic heterocycles. The molecule has 6 aliphatic rings. The van der Waals surface area contributed by atoms with Crippen molar-refractivity contribution in [3.05, 3.63) is 0 Å². The molecule has 1 amide bonds. The van der Waals surface area contributed by atoms with Gasteiger partial charge in [-0.25, -0.2) is 0 Å². The predicted octanol–water partition coefficient (Wildman–Crippen LogP) is 1.88. The van der Waals surface area contributed by atoms with Crippen molar-refractivity contribution in [1.82, 2.24) is 5.32 Å². The Morgan fingerprint density at radius 2 is 1.59 bits per heavy atom. The van der Waals surface area contributed by atoms with Crippen LogP contribution in [0.4, 0.5) is 0 Å². The van der Waals surface area contributed by atoms with Gasteiger partial charge in [0, 0.05) is 6.04 Å². The Kier molecular flexibility index (Phi) is 1.53. The van der Waals surface area contributed by atoms with Crippen LogP contribution in [0.2, 0.25) is 0 Å². The molecule has 6 saturated carbocycles. The maximum Gasteiger partial charge on any atom is 0.238 e. The molecule has 0 radical (unpaired) electrons. The second kappa shape index (κ2) is 2.68. The van der Waals surface area contributed by atoms with E-state index in [0.29, 0.717) is 6.04 Å². The topological polar surface area (TPSA) is 29.1 Å². The lowest BCUT2D eigenvalue weighted by Crippen LogP contribution is -2.42. The van der Waals surface area contributed by atoms with Crippen LogP contribution in [0.25, 0.3) is 0 Å². The fraction of sp³-hybridized carbons (Fsp3) is 0.929. The summed E-state index contributed by atoms with van der Waals surface area (Å²) >= 11 is 5.89. The summed E-state index contributed by atoms with van der Waals surface area (Å²) in [6.07, 6.45) is 2.97. The SMILES string of the molecule is CC(Cl)C(=O)NC1C2C3CC4C5CC(C42)C1C53. The van der Waals surface area contributed by atoms with Crippen LogP contribution in [0.3, 0.4) is 0 Å². The molecule has 6 rings (SSSR count). The third-order valence-corrected chi connectivity index (χ3v) is 7.19. The van der Waals surface area contributed by atoms with E-state index in [2.05, 4.69) is 5.32 Å². The average molecular weight is 252 g/mol. The van der Waals surface area contributed by atoms with Gasteiger partial charge in [-0.3, -0.25) is 4.79 Å². The van der Waals surface area contributed by atoms with E-state index in [1.165, 1.54) is 12.8 Å². The van der Waals surface area contributed by atoms with Gasteiger partial charge in [0.15, 0.2) is 0 Å². The monoisotopic (exact) mass is 251 g/mol. The minimum absolute atomic E-state index is 0.0595. The van der Waals surface area contributed by atoms with E-state index in [9.17, 15) is 4.79 Å². The summed E-state index contributed by atoms with van der Waals surface area (Å²) in [6, 6.07) is 0.492. The summed E-state index contributed by atoms with van der Waals surface area (Å²) < 4.78 is 0. The highest BCUT2D eigenvalue weighted by Crippen LogP contribution is 2.82. The Balaban J connectivity index is 1.50. The normalized spacial score (nSPS) is 65.2. The van der Waals surface area contributed by atoms with Gasteiger partial charge in [0.1, 0.15) is 5.38 Å².